The van der Waals surface area contributed by atoms with Crippen LogP contribution in [0.1, 0.15) is 20.8 Å². The third kappa shape index (κ3) is 14.4. The number of nitrogens with zero attached hydrogens (tertiary/aromatic N) is 1. The molecule has 5 heteroatoms. The van der Waals surface area contributed by atoms with E-state index in [-0.39, 0.29) is 5.97 Å². The second-order valence-electron chi connectivity index (χ2n) is 3.45. The van der Waals surface area contributed by atoms with Crippen LogP contribution in [-0.2, 0) is 19.1 Å². The molecule has 0 saturated heterocycles. The molecule has 0 aliphatic heterocycles. The molecule has 0 aromatic heterocycles. The lowest BCUT2D eigenvalue weighted by Crippen LogP contribution is -2.22. The van der Waals surface area contributed by atoms with Crippen molar-refractivity contribution in [3.05, 3.63) is 25.3 Å². The highest BCUT2D eigenvalue weighted by Crippen LogP contribution is 2.06. The van der Waals surface area contributed by atoms with Gasteiger partial charge in [-0.3, -0.25) is 0 Å². The average molecular weight is 225 g/mol. The molecular formula is C11H15NO4. The number of carbonyl (C=O) groups is 2. The Morgan fingerprint density at radius 1 is 1.19 bits per heavy atom. The van der Waals surface area contributed by atoms with E-state index in [4.69, 9.17) is 10.00 Å². The van der Waals surface area contributed by atoms with Gasteiger partial charge in [0.2, 0.25) is 0 Å². The van der Waals surface area contributed by atoms with Gasteiger partial charge in [0, 0.05) is 12.2 Å². The summed E-state index contributed by atoms with van der Waals surface area (Å²) in [7, 11) is 0. The zero-order valence-corrected chi connectivity index (χ0v) is 9.65. The average Bonchev–Trinajstić information content (AvgIpc) is 2.16. The zero-order chi connectivity index (χ0) is 13.2. The van der Waals surface area contributed by atoms with E-state index in [9.17, 15) is 9.59 Å². The van der Waals surface area contributed by atoms with Crippen LogP contribution in [0.4, 0.5) is 0 Å². The van der Waals surface area contributed by atoms with E-state index in [0.29, 0.717) is 0 Å². The summed E-state index contributed by atoms with van der Waals surface area (Å²) in [5, 5.41) is 7.63. The van der Waals surface area contributed by atoms with Gasteiger partial charge in [0.1, 0.15) is 5.60 Å². The van der Waals surface area contributed by atoms with Crippen LogP contribution in [0.2, 0.25) is 0 Å². The Kier molecular flexibility index (Phi) is 8.41. The Hall–Kier alpha value is -2.09. The number of nitriles is 1. The van der Waals surface area contributed by atoms with Crippen molar-refractivity contribution in [2.75, 3.05) is 0 Å². The lowest BCUT2D eigenvalue weighted by molar-refractivity contribution is -0.148. The zero-order valence-electron chi connectivity index (χ0n) is 9.65. The maximum absolute atomic E-state index is 10.5. The lowest BCUT2D eigenvalue weighted by Gasteiger charge is -2.17. The van der Waals surface area contributed by atoms with Gasteiger partial charge in [-0.15, -0.1) is 5.26 Å². The van der Waals surface area contributed by atoms with Crippen molar-refractivity contribution < 1.29 is 19.1 Å². The molecule has 0 radical (unpaired) electrons. The summed E-state index contributed by atoms with van der Waals surface area (Å²) in [6, 6.07) is 0. The molecule has 0 aromatic carbocycles. The Morgan fingerprint density at radius 2 is 1.62 bits per heavy atom. The molecule has 0 heterocycles. The molecule has 0 saturated carbocycles. The van der Waals surface area contributed by atoms with Crippen LogP contribution in [0.3, 0.4) is 0 Å². The number of hydrogen-bond acceptors (Lipinski definition) is 5. The molecule has 0 aromatic rings. The number of carbonyl (C=O) groups excluding carboxylic acids is 2. The highest BCUT2D eigenvalue weighted by atomic mass is 16.6. The largest absolute Gasteiger partial charge is 0.457 e. The molecule has 0 rings (SSSR count). The Labute approximate surface area is 95.0 Å². The SMILES string of the molecule is C=CC(=O)OC#N.C=CC(=O)OC(C)(C)C. The van der Waals surface area contributed by atoms with Crippen molar-refractivity contribution in [1.82, 2.24) is 0 Å². The number of rotatable bonds is 2. The minimum Gasteiger partial charge on any atom is -0.457 e. The second-order valence-corrected chi connectivity index (χ2v) is 3.45. The highest BCUT2D eigenvalue weighted by molar-refractivity contribution is 5.82. The molecule has 0 aliphatic carbocycles. The normalized spacial score (nSPS) is 8.62. The smallest absolute Gasteiger partial charge is 0.345 e. The predicted molar refractivity (Wildman–Crippen MR) is 57.9 cm³/mol. The summed E-state index contributed by atoms with van der Waals surface area (Å²) in [5.74, 6) is -1.09. The minimum atomic E-state index is -0.720. The molecule has 0 N–H and O–H groups in total. The molecule has 0 unspecified atom stereocenters. The molecule has 0 fully saturated rings. The van der Waals surface area contributed by atoms with Crippen LogP contribution in [-0.4, -0.2) is 17.5 Å². The summed E-state index contributed by atoms with van der Waals surface area (Å²) in [4.78, 5) is 20.3. The van der Waals surface area contributed by atoms with Crippen LogP contribution < -0.4 is 0 Å². The van der Waals surface area contributed by atoms with Gasteiger partial charge in [-0.25, -0.2) is 9.59 Å². The molecular weight excluding hydrogens is 210 g/mol. The van der Waals surface area contributed by atoms with E-state index in [1.807, 2.05) is 20.8 Å². The van der Waals surface area contributed by atoms with Crippen molar-refractivity contribution in [3.63, 3.8) is 0 Å². The molecule has 16 heavy (non-hydrogen) atoms. The predicted octanol–water partition coefficient (Wildman–Crippen LogP) is 1.71. The summed E-state index contributed by atoms with van der Waals surface area (Å²) in [6.45, 7) is 11.8. The van der Waals surface area contributed by atoms with Crippen molar-refractivity contribution in [2.24, 2.45) is 0 Å². The van der Waals surface area contributed by atoms with Crippen LogP contribution in [0.15, 0.2) is 25.3 Å². The summed E-state index contributed by atoms with van der Waals surface area (Å²) in [5.41, 5.74) is -0.398. The van der Waals surface area contributed by atoms with Gasteiger partial charge < -0.3 is 9.47 Å². The Morgan fingerprint density at radius 3 is 1.75 bits per heavy atom. The first-order valence-corrected chi connectivity index (χ1v) is 4.34. The molecule has 5 nitrogen and oxygen atoms in total. The van der Waals surface area contributed by atoms with Crippen LogP contribution in [0.25, 0.3) is 0 Å². The van der Waals surface area contributed by atoms with Gasteiger partial charge in [0.15, 0.2) is 0 Å². The summed E-state index contributed by atoms with van der Waals surface area (Å²) in [6.07, 6.45) is 3.28. The highest BCUT2D eigenvalue weighted by Gasteiger charge is 2.12. The first kappa shape index (κ1) is 16.3. The van der Waals surface area contributed by atoms with E-state index < -0.39 is 11.6 Å². The maximum Gasteiger partial charge on any atom is 0.345 e. The molecule has 0 aliphatic rings. The van der Waals surface area contributed by atoms with Gasteiger partial charge in [-0.1, -0.05) is 13.2 Å². The molecule has 88 valence electrons. The van der Waals surface area contributed by atoms with Gasteiger partial charge >= 0.3 is 11.9 Å². The second kappa shape index (κ2) is 8.24. The third-order valence-corrected chi connectivity index (χ3v) is 0.886. The number of hydrogen-bond donors (Lipinski definition) is 0. The van der Waals surface area contributed by atoms with E-state index in [2.05, 4.69) is 17.9 Å². The molecule has 0 spiro atoms. The number of ether oxygens (including phenoxy) is 2. The third-order valence-electron chi connectivity index (χ3n) is 0.886. The van der Waals surface area contributed by atoms with Gasteiger partial charge in [-0.05, 0) is 20.8 Å². The fraction of sp³-hybridized carbons (Fsp3) is 0.364. The minimum absolute atomic E-state index is 0.373. The maximum atomic E-state index is 10.5. The first-order chi connectivity index (χ1) is 7.26. The fourth-order valence-corrected chi connectivity index (χ4v) is 0.430. The standard InChI is InChI=1S/C7H12O2.C4H3NO2/c1-5-6(8)9-7(2,3)4;1-2-4(6)7-3-5/h5H,1H2,2-4H3;2H,1H2. The Bertz CT molecular complexity index is 307. The van der Waals surface area contributed by atoms with Crippen LogP contribution >= 0.6 is 0 Å². The quantitative estimate of drug-likeness (QED) is 0.406. The van der Waals surface area contributed by atoms with E-state index in [1.54, 1.807) is 0 Å². The van der Waals surface area contributed by atoms with Crippen molar-refractivity contribution in [1.29, 1.82) is 5.26 Å². The van der Waals surface area contributed by atoms with Crippen LogP contribution in [0.5, 0.6) is 0 Å². The summed E-state index contributed by atoms with van der Waals surface area (Å²) < 4.78 is 8.57. The topological polar surface area (TPSA) is 76.4 Å². The lowest BCUT2D eigenvalue weighted by atomic mass is 10.2. The van der Waals surface area contributed by atoms with Crippen molar-refractivity contribution in [2.45, 2.75) is 26.4 Å². The van der Waals surface area contributed by atoms with E-state index in [1.165, 1.54) is 6.26 Å². The van der Waals surface area contributed by atoms with Gasteiger partial charge in [0.25, 0.3) is 6.26 Å². The van der Waals surface area contributed by atoms with Gasteiger partial charge in [-0.2, -0.15) is 0 Å². The fourth-order valence-electron chi connectivity index (χ4n) is 0.430. The van der Waals surface area contributed by atoms with Crippen LogP contribution in [0, 0.1) is 11.5 Å². The molecule has 0 bridgehead atoms. The van der Waals surface area contributed by atoms with E-state index >= 15 is 0 Å². The first-order valence-electron chi connectivity index (χ1n) is 4.34. The van der Waals surface area contributed by atoms with Crippen molar-refractivity contribution in [3.8, 4) is 6.26 Å². The molecule has 0 atom stereocenters. The monoisotopic (exact) mass is 225 g/mol. The molecule has 0 amide bonds. The van der Waals surface area contributed by atoms with Gasteiger partial charge in [0.05, 0.1) is 0 Å². The number of esters is 2. The Balaban J connectivity index is 0. The van der Waals surface area contributed by atoms with E-state index in [0.717, 1.165) is 12.2 Å². The summed E-state index contributed by atoms with van der Waals surface area (Å²) >= 11 is 0. The van der Waals surface area contributed by atoms with Crippen molar-refractivity contribution >= 4 is 11.9 Å².